The van der Waals surface area contributed by atoms with Gasteiger partial charge in [0.2, 0.25) is 5.82 Å². The van der Waals surface area contributed by atoms with Gasteiger partial charge in [-0.05, 0) is 18.9 Å². The maximum absolute atomic E-state index is 13.6. The van der Waals surface area contributed by atoms with Crippen molar-refractivity contribution in [1.82, 2.24) is 15.0 Å². The normalized spacial score (nSPS) is 18.4. The van der Waals surface area contributed by atoms with Crippen molar-refractivity contribution >= 4 is 34.7 Å². The molecule has 0 atom stereocenters. The van der Waals surface area contributed by atoms with Crippen molar-refractivity contribution in [3.8, 4) is 0 Å². The predicted octanol–water partition coefficient (Wildman–Crippen LogP) is 4.47. The number of fused-ring (bicyclic) bond motifs is 2. The molecule has 0 bridgehead atoms. The van der Waals surface area contributed by atoms with Crippen LogP contribution in [0.1, 0.15) is 31.2 Å². The number of pyridine rings is 1. The molecule has 1 aliphatic heterocycles. The Bertz CT molecular complexity index is 803. The summed E-state index contributed by atoms with van der Waals surface area (Å²) in [5.74, 6) is -3.39. The molecule has 1 spiro atoms. The Morgan fingerprint density at radius 3 is 2.57 bits per heavy atom. The predicted molar refractivity (Wildman–Crippen MR) is 83.8 cm³/mol. The van der Waals surface area contributed by atoms with Gasteiger partial charge in [-0.15, -0.1) is 0 Å². The van der Waals surface area contributed by atoms with E-state index in [1.54, 1.807) is 12.3 Å². The Morgan fingerprint density at radius 2 is 1.91 bits per heavy atom. The molecule has 0 aromatic carbocycles. The van der Waals surface area contributed by atoms with Crippen molar-refractivity contribution in [3.05, 3.63) is 40.0 Å². The van der Waals surface area contributed by atoms with Crippen LogP contribution in [-0.4, -0.2) is 21.5 Å². The van der Waals surface area contributed by atoms with Crippen LogP contribution >= 0.6 is 23.2 Å². The van der Waals surface area contributed by atoms with Crippen LogP contribution in [0.5, 0.6) is 0 Å². The van der Waals surface area contributed by atoms with Gasteiger partial charge in [-0.2, -0.15) is 8.78 Å². The average molecular weight is 357 g/mol. The quantitative estimate of drug-likeness (QED) is 0.587. The highest BCUT2D eigenvalue weighted by Crippen LogP contribution is 2.58. The Labute approximate surface area is 141 Å². The first-order valence-corrected chi connectivity index (χ1v) is 7.91. The van der Waals surface area contributed by atoms with E-state index >= 15 is 0 Å². The summed E-state index contributed by atoms with van der Waals surface area (Å²) in [4.78, 5) is 13.7. The van der Waals surface area contributed by atoms with Crippen molar-refractivity contribution in [2.45, 2.75) is 31.1 Å². The Morgan fingerprint density at radius 1 is 1.17 bits per heavy atom. The first-order valence-electron chi connectivity index (χ1n) is 7.15. The first-order chi connectivity index (χ1) is 10.8. The SMILES string of the molecule is CC(F)(F)c1nc(Cl)cc(N2CC3(CC3)c3cnc(Cl)cc32)n1. The van der Waals surface area contributed by atoms with Crippen molar-refractivity contribution in [1.29, 1.82) is 0 Å². The zero-order chi connectivity index (χ0) is 16.4. The minimum Gasteiger partial charge on any atom is -0.325 e. The molecule has 4 rings (SSSR count). The Kier molecular flexibility index (Phi) is 3.09. The van der Waals surface area contributed by atoms with Crippen LogP contribution in [0.3, 0.4) is 0 Å². The summed E-state index contributed by atoms with van der Waals surface area (Å²) in [7, 11) is 0. The van der Waals surface area contributed by atoms with E-state index in [1.807, 2.05) is 4.90 Å². The molecule has 3 heterocycles. The molecule has 4 nitrogen and oxygen atoms in total. The fraction of sp³-hybridized carbons (Fsp3) is 0.400. The summed E-state index contributed by atoms with van der Waals surface area (Å²) < 4.78 is 27.2. The van der Waals surface area contributed by atoms with E-state index in [9.17, 15) is 8.78 Å². The number of aromatic nitrogens is 3. The zero-order valence-electron chi connectivity index (χ0n) is 12.2. The molecule has 8 heteroatoms. The topological polar surface area (TPSA) is 41.9 Å². The molecule has 1 aliphatic carbocycles. The summed E-state index contributed by atoms with van der Waals surface area (Å²) in [6.07, 6.45) is 3.84. The number of anilines is 2. The van der Waals surface area contributed by atoms with Crippen LogP contribution in [0, 0.1) is 0 Å². The van der Waals surface area contributed by atoms with Crippen LogP contribution < -0.4 is 4.90 Å². The standard InChI is InChI=1S/C15H12Cl2F2N4/c1-14(18,19)13-21-11(17)5-12(22-13)23-7-15(2-3-15)8-6-20-10(16)4-9(8)23/h4-6H,2-3,7H2,1H3. The third-order valence-electron chi connectivity index (χ3n) is 4.38. The number of alkyl halides is 2. The molecule has 2 aliphatic rings. The Hall–Kier alpha value is -1.53. The minimum absolute atomic E-state index is 0.00928. The van der Waals surface area contributed by atoms with E-state index in [2.05, 4.69) is 15.0 Å². The molecule has 0 saturated heterocycles. The maximum Gasteiger partial charge on any atom is 0.303 e. The smallest absolute Gasteiger partial charge is 0.303 e. The second kappa shape index (κ2) is 4.74. The lowest BCUT2D eigenvalue weighted by molar-refractivity contribution is 0.00780. The van der Waals surface area contributed by atoms with Crippen LogP contribution in [-0.2, 0) is 11.3 Å². The molecular weight excluding hydrogens is 345 g/mol. The number of hydrogen-bond acceptors (Lipinski definition) is 4. The molecule has 120 valence electrons. The Balaban J connectivity index is 1.84. The van der Waals surface area contributed by atoms with Gasteiger partial charge in [0.05, 0.1) is 5.69 Å². The average Bonchev–Trinajstić information content (AvgIpc) is 3.16. The molecule has 1 fully saturated rings. The number of nitrogens with zero attached hydrogens (tertiary/aromatic N) is 4. The molecule has 0 amide bonds. The van der Waals surface area contributed by atoms with Gasteiger partial charge < -0.3 is 4.90 Å². The number of rotatable bonds is 2. The van der Waals surface area contributed by atoms with E-state index in [-0.39, 0.29) is 10.6 Å². The lowest BCUT2D eigenvalue weighted by Crippen LogP contribution is -2.22. The van der Waals surface area contributed by atoms with Crippen molar-refractivity contribution in [3.63, 3.8) is 0 Å². The van der Waals surface area contributed by atoms with Gasteiger partial charge in [0.1, 0.15) is 16.1 Å². The maximum atomic E-state index is 13.6. The van der Waals surface area contributed by atoms with Gasteiger partial charge in [0.15, 0.2) is 0 Å². The van der Waals surface area contributed by atoms with Gasteiger partial charge in [-0.3, -0.25) is 0 Å². The molecular formula is C15H12Cl2F2N4. The summed E-state index contributed by atoms with van der Waals surface area (Å²) in [6, 6.07) is 3.24. The second-order valence-electron chi connectivity index (χ2n) is 6.15. The van der Waals surface area contributed by atoms with Crippen LogP contribution in [0.25, 0.3) is 0 Å². The van der Waals surface area contributed by atoms with Crippen molar-refractivity contribution in [2.75, 3.05) is 11.4 Å². The van der Waals surface area contributed by atoms with E-state index in [0.717, 1.165) is 31.0 Å². The fourth-order valence-corrected chi connectivity index (χ4v) is 3.38. The van der Waals surface area contributed by atoms with Gasteiger partial charge >= 0.3 is 5.92 Å². The lowest BCUT2D eigenvalue weighted by atomic mass is 10.0. The van der Waals surface area contributed by atoms with Gasteiger partial charge in [0, 0.05) is 36.7 Å². The molecule has 23 heavy (non-hydrogen) atoms. The summed E-state index contributed by atoms with van der Waals surface area (Å²) in [5, 5.41) is 0.345. The third kappa shape index (κ3) is 2.44. The molecule has 0 radical (unpaired) electrons. The fourth-order valence-electron chi connectivity index (χ4n) is 3.05. The van der Waals surface area contributed by atoms with E-state index in [0.29, 0.717) is 17.5 Å². The number of hydrogen-bond donors (Lipinski definition) is 0. The van der Waals surface area contributed by atoms with E-state index in [4.69, 9.17) is 23.2 Å². The van der Waals surface area contributed by atoms with E-state index < -0.39 is 11.7 Å². The summed E-state index contributed by atoms with van der Waals surface area (Å²) >= 11 is 11.9. The largest absolute Gasteiger partial charge is 0.325 e. The summed E-state index contributed by atoms with van der Waals surface area (Å²) in [5.41, 5.74) is 1.96. The lowest BCUT2D eigenvalue weighted by Gasteiger charge is -2.20. The number of halogens is 4. The van der Waals surface area contributed by atoms with E-state index in [1.165, 1.54) is 6.07 Å². The molecule has 0 N–H and O–H groups in total. The van der Waals surface area contributed by atoms with Crippen molar-refractivity contribution < 1.29 is 8.78 Å². The first kappa shape index (κ1) is 15.0. The molecule has 1 saturated carbocycles. The van der Waals surface area contributed by atoms with Gasteiger partial charge in [0.25, 0.3) is 0 Å². The molecule has 2 aromatic heterocycles. The van der Waals surface area contributed by atoms with Gasteiger partial charge in [-0.1, -0.05) is 23.2 Å². The summed E-state index contributed by atoms with van der Waals surface area (Å²) in [6.45, 7) is 1.41. The highest BCUT2D eigenvalue weighted by Gasteiger charge is 2.52. The van der Waals surface area contributed by atoms with Crippen LogP contribution in [0.4, 0.5) is 20.3 Å². The monoisotopic (exact) mass is 356 g/mol. The van der Waals surface area contributed by atoms with Crippen LogP contribution in [0.15, 0.2) is 18.3 Å². The van der Waals surface area contributed by atoms with Crippen molar-refractivity contribution in [2.24, 2.45) is 0 Å². The molecule has 0 unspecified atom stereocenters. The minimum atomic E-state index is -3.16. The third-order valence-corrected chi connectivity index (χ3v) is 4.78. The highest BCUT2D eigenvalue weighted by atomic mass is 35.5. The molecule has 2 aromatic rings. The van der Waals surface area contributed by atoms with Crippen LogP contribution in [0.2, 0.25) is 10.3 Å². The zero-order valence-corrected chi connectivity index (χ0v) is 13.7. The highest BCUT2D eigenvalue weighted by molar-refractivity contribution is 6.30. The second-order valence-corrected chi connectivity index (χ2v) is 6.93. The van der Waals surface area contributed by atoms with Gasteiger partial charge in [-0.25, -0.2) is 15.0 Å².